The van der Waals surface area contributed by atoms with Crippen LogP contribution in [0.1, 0.15) is 31.2 Å². The Kier molecular flexibility index (Phi) is 5.46. The SMILES string of the molecule is CC(=O)N1CCC(NC(=O)N2CCN3C(=O)N([C@H]4C[C@@H]4c4ccccc4)C(=O)[C@@H]3C2)C(F)C1. The van der Waals surface area contributed by atoms with Gasteiger partial charge >= 0.3 is 12.1 Å². The van der Waals surface area contributed by atoms with Gasteiger partial charge in [-0.25, -0.2) is 14.0 Å². The van der Waals surface area contributed by atoms with Gasteiger partial charge in [0.25, 0.3) is 5.91 Å². The number of carbonyl (C=O) groups is 4. The number of fused-ring (bicyclic) bond motifs is 1. The lowest BCUT2D eigenvalue weighted by atomic mass is 10.0. The predicted molar refractivity (Wildman–Crippen MR) is 116 cm³/mol. The van der Waals surface area contributed by atoms with E-state index in [0.717, 1.165) is 12.0 Å². The molecule has 1 aromatic carbocycles. The molecule has 1 aliphatic carbocycles. The minimum Gasteiger partial charge on any atom is -0.340 e. The first-order valence-corrected chi connectivity index (χ1v) is 11.5. The number of carbonyl (C=O) groups excluding carboxylic acids is 4. The first-order valence-electron chi connectivity index (χ1n) is 11.5. The highest BCUT2D eigenvalue weighted by Gasteiger charge is 2.56. The van der Waals surface area contributed by atoms with Gasteiger partial charge in [0.2, 0.25) is 5.91 Å². The second-order valence-corrected chi connectivity index (χ2v) is 9.29. The van der Waals surface area contributed by atoms with Gasteiger partial charge in [0.05, 0.1) is 19.1 Å². The van der Waals surface area contributed by atoms with Crippen LogP contribution in [0.25, 0.3) is 0 Å². The number of hydrogen-bond acceptors (Lipinski definition) is 4. The molecule has 3 heterocycles. The number of piperidine rings is 1. The van der Waals surface area contributed by atoms with Crippen molar-refractivity contribution in [3.05, 3.63) is 35.9 Å². The number of urea groups is 2. The van der Waals surface area contributed by atoms with Gasteiger partial charge in [-0.3, -0.25) is 14.5 Å². The third-order valence-electron chi connectivity index (χ3n) is 7.25. The number of halogens is 1. The van der Waals surface area contributed by atoms with Crippen LogP contribution in [-0.4, -0.2) is 100 Å². The lowest BCUT2D eigenvalue weighted by Crippen LogP contribution is -2.60. The van der Waals surface area contributed by atoms with Crippen molar-refractivity contribution in [2.75, 3.05) is 32.7 Å². The predicted octanol–water partition coefficient (Wildman–Crippen LogP) is 1.16. The quantitative estimate of drug-likeness (QED) is 0.690. The Balaban J connectivity index is 1.20. The number of hydrogen-bond donors (Lipinski definition) is 1. The Morgan fingerprint density at radius 3 is 2.48 bits per heavy atom. The van der Waals surface area contributed by atoms with Crippen molar-refractivity contribution in [2.24, 2.45) is 0 Å². The molecule has 2 unspecified atom stereocenters. The maximum absolute atomic E-state index is 14.5. The molecule has 4 aliphatic rings. The average molecular weight is 458 g/mol. The van der Waals surface area contributed by atoms with Crippen molar-refractivity contribution >= 4 is 23.9 Å². The molecule has 176 valence electrons. The number of likely N-dealkylation sites (tertiary alicyclic amines) is 1. The van der Waals surface area contributed by atoms with E-state index in [-0.39, 0.29) is 56.0 Å². The molecule has 5 atom stereocenters. The van der Waals surface area contributed by atoms with Gasteiger partial charge in [-0.15, -0.1) is 0 Å². The van der Waals surface area contributed by atoms with Crippen LogP contribution in [0.15, 0.2) is 30.3 Å². The summed E-state index contributed by atoms with van der Waals surface area (Å²) in [6.07, 6.45) is -0.255. The van der Waals surface area contributed by atoms with Crippen LogP contribution < -0.4 is 5.32 Å². The molecule has 0 spiro atoms. The van der Waals surface area contributed by atoms with E-state index in [1.54, 1.807) is 4.90 Å². The average Bonchev–Trinajstić information content (AvgIpc) is 3.56. The highest BCUT2D eigenvalue weighted by atomic mass is 19.1. The van der Waals surface area contributed by atoms with Crippen LogP contribution in [-0.2, 0) is 9.59 Å². The molecule has 5 rings (SSSR count). The smallest absolute Gasteiger partial charge is 0.327 e. The number of rotatable bonds is 3. The number of nitrogens with zero attached hydrogens (tertiary/aromatic N) is 4. The summed E-state index contributed by atoms with van der Waals surface area (Å²) in [5.74, 6) is -0.293. The van der Waals surface area contributed by atoms with Crippen LogP contribution in [0.5, 0.6) is 0 Å². The molecule has 4 fully saturated rings. The summed E-state index contributed by atoms with van der Waals surface area (Å²) in [5.41, 5.74) is 1.12. The van der Waals surface area contributed by atoms with Crippen molar-refractivity contribution in [3.63, 3.8) is 0 Å². The van der Waals surface area contributed by atoms with Crippen molar-refractivity contribution < 1.29 is 23.6 Å². The zero-order chi connectivity index (χ0) is 23.3. The molecule has 1 aromatic rings. The number of nitrogens with one attached hydrogen (secondary N) is 1. The zero-order valence-corrected chi connectivity index (χ0v) is 18.5. The van der Waals surface area contributed by atoms with Gasteiger partial charge < -0.3 is 20.0 Å². The van der Waals surface area contributed by atoms with Crippen molar-refractivity contribution in [1.82, 2.24) is 24.9 Å². The second kappa shape index (κ2) is 8.31. The number of benzene rings is 1. The molecule has 1 N–H and O–H groups in total. The van der Waals surface area contributed by atoms with Gasteiger partial charge in [0.1, 0.15) is 12.2 Å². The van der Waals surface area contributed by atoms with Gasteiger partial charge in [-0.05, 0) is 18.4 Å². The summed E-state index contributed by atoms with van der Waals surface area (Å²) in [6, 6.07) is 7.61. The number of amides is 6. The minimum atomic E-state index is -1.34. The van der Waals surface area contributed by atoms with E-state index in [2.05, 4.69) is 5.32 Å². The Morgan fingerprint density at radius 2 is 1.79 bits per heavy atom. The first kappa shape index (κ1) is 21.7. The van der Waals surface area contributed by atoms with Crippen LogP contribution in [0.2, 0.25) is 0 Å². The highest BCUT2D eigenvalue weighted by molar-refractivity contribution is 6.05. The Bertz CT molecular complexity index is 975. The molecule has 1 saturated carbocycles. The van der Waals surface area contributed by atoms with Crippen LogP contribution in [0, 0.1) is 0 Å². The lowest BCUT2D eigenvalue weighted by molar-refractivity contribution is -0.131. The number of imide groups is 1. The summed E-state index contributed by atoms with van der Waals surface area (Å²) < 4.78 is 14.5. The molecule has 3 aliphatic heterocycles. The summed E-state index contributed by atoms with van der Waals surface area (Å²) in [7, 11) is 0. The van der Waals surface area contributed by atoms with Crippen LogP contribution in [0.4, 0.5) is 14.0 Å². The molecule has 3 saturated heterocycles. The largest absolute Gasteiger partial charge is 0.340 e. The van der Waals surface area contributed by atoms with Gasteiger partial charge in [0, 0.05) is 38.5 Å². The summed E-state index contributed by atoms with van der Waals surface area (Å²) in [4.78, 5) is 56.2. The molecular weight excluding hydrogens is 429 g/mol. The van der Waals surface area contributed by atoms with E-state index >= 15 is 0 Å². The zero-order valence-electron chi connectivity index (χ0n) is 18.5. The lowest BCUT2D eigenvalue weighted by Gasteiger charge is -2.38. The fourth-order valence-electron chi connectivity index (χ4n) is 5.23. The molecule has 6 amide bonds. The topological polar surface area (TPSA) is 93.3 Å². The molecule has 0 radical (unpaired) electrons. The minimum absolute atomic E-state index is 0.0391. The number of alkyl halides is 1. The molecule has 10 heteroatoms. The van der Waals surface area contributed by atoms with Gasteiger partial charge in [-0.1, -0.05) is 30.3 Å². The van der Waals surface area contributed by atoms with Crippen molar-refractivity contribution in [2.45, 2.75) is 50.0 Å². The van der Waals surface area contributed by atoms with E-state index in [9.17, 15) is 23.6 Å². The summed E-state index contributed by atoms with van der Waals surface area (Å²) in [5, 5.41) is 2.72. The molecular formula is C23H28FN5O4. The van der Waals surface area contributed by atoms with Crippen LogP contribution in [0.3, 0.4) is 0 Å². The Labute approximate surface area is 191 Å². The normalized spacial score (nSPS) is 31.5. The highest BCUT2D eigenvalue weighted by Crippen LogP contribution is 2.46. The van der Waals surface area contributed by atoms with Gasteiger partial charge in [-0.2, -0.15) is 0 Å². The molecule has 9 nitrogen and oxygen atoms in total. The fraction of sp³-hybridized carbons (Fsp3) is 0.565. The summed E-state index contributed by atoms with van der Waals surface area (Å²) >= 11 is 0. The monoisotopic (exact) mass is 457 g/mol. The van der Waals surface area contributed by atoms with E-state index in [0.29, 0.717) is 13.0 Å². The van der Waals surface area contributed by atoms with E-state index in [4.69, 9.17) is 0 Å². The second-order valence-electron chi connectivity index (χ2n) is 9.29. The van der Waals surface area contributed by atoms with Crippen molar-refractivity contribution in [3.8, 4) is 0 Å². The van der Waals surface area contributed by atoms with Crippen LogP contribution >= 0.6 is 0 Å². The third-order valence-corrected chi connectivity index (χ3v) is 7.25. The third kappa shape index (κ3) is 3.91. The molecule has 0 aromatic heterocycles. The maximum Gasteiger partial charge on any atom is 0.327 e. The maximum atomic E-state index is 14.5. The summed E-state index contributed by atoms with van der Waals surface area (Å²) in [6.45, 7) is 2.40. The van der Waals surface area contributed by atoms with E-state index < -0.39 is 24.3 Å². The molecule has 33 heavy (non-hydrogen) atoms. The van der Waals surface area contributed by atoms with Gasteiger partial charge in [0.15, 0.2) is 0 Å². The Hall–Kier alpha value is -3.17. The Morgan fingerprint density at radius 1 is 1.03 bits per heavy atom. The van der Waals surface area contributed by atoms with Crippen molar-refractivity contribution in [1.29, 1.82) is 0 Å². The standard InChI is InChI=1S/C23H28FN5O4/c1-14(30)26-8-7-18(17(24)12-26)25-22(32)27-9-10-28-20(13-27)21(31)29(23(28)33)19-11-16(19)15-5-3-2-4-6-15/h2-6,16-20H,7-13H2,1H3,(H,25,32)/t16-,17?,18?,19+,20+/m1/s1. The van der Waals surface area contributed by atoms with E-state index in [1.165, 1.54) is 21.6 Å². The first-order chi connectivity index (χ1) is 15.8. The molecule has 0 bridgehead atoms. The number of piperazine rings is 1. The van der Waals surface area contributed by atoms with E-state index in [1.807, 2.05) is 30.3 Å². The fourth-order valence-corrected chi connectivity index (χ4v) is 5.23.